The van der Waals surface area contributed by atoms with Crippen molar-refractivity contribution in [2.24, 2.45) is 0 Å². The Hall–Kier alpha value is -2.35. The summed E-state index contributed by atoms with van der Waals surface area (Å²) >= 11 is 0. The Morgan fingerprint density at radius 3 is 2.91 bits per heavy atom. The van der Waals surface area contributed by atoms with Gasteiger partial charge in [0.1, 0.15) is 0 Å². The summed E-state index contributed by atoms with van der Waals surface area (Å²) in [5.74, 6) is 0.0175. The highest BCUT2D eigenvalue weighted by Gasteiger charge is 2.16. The predicted molar refractivity (Wildman–Crippen MR) is 84.1 cm³/mol. The molecule has 0 atom stereocenters. The molecule has 1 fully saturated rings. The molecule has 1 aromatic carbocycles. The summed E-state index contributed by atoms with van der Waals surface area (Å²) in [6, 6.07) is 8.85. The van der Waals surface area contributed by atoms with E-state index in [0.717, 1.165) is 32.2 Å². The van der Waals surface area contributed by atoms with Gasteiger partial charge in [-0.2, -0.15) is 5.26 Å². The number of amides is 2. The number of hydrogen-bond acceptors (Lipinski definition) is 3. The maximum Gasteiger partial charge on any atom is 0.226 e. The summed E-state index contributed by atoms with van der Waals surface area (Å²) in [7, 11) is 0. The molecule has 0 aromatic heterocycles. The van der Waals surface area contributed by atoms with E-state index in [1.54, 1.807) is 29.2 Å². The van der Waals surface area contributed by atoms with Crippen LogP contribution in [0, 0.1) is 11.3 Å². The van der Waals surface area contributed by atoms with Crippen LogP contribution in [0.1, 0.15) is 44.1 Å². The van der Waals surface area contributed by atoms with Gasteiger partial charge in [0, 0.05) is 31.6 Å². The van der Waals surface area contributed by atoms with Crippen LogP contribution in [0.3, 0.4) is 0 Å². The largest absolute Gasteiger partial charge is 0.342 e. The van der Waals surface area contributed by atoms with Crippen molar-refractivity contribution in [2.45, 2.75) is 38.5 Å². The van der Waals surface area contributed by atoms with Crippen LogP contribution < -0.4 is 5.32 Å². The fourth-order valence-electron chi connectivity index (χ4n) is 2.58. The van der Waals surface area contributed by atoms with Crippen molar-refractivity contribution in [3.05, 3.63) is 29.8 Å². The van der Waals surface area contributed by atoms with E-state index in [-0.39, 0.29) is 18.2 Å². The zero-order chi connectivity index (χ0) is 15.8. The molecule has 2 rings (SSSR count). The van der Waals surface area contributed by atoms with Crippen molar-refractivity contribution < 1.29 is 9.59 Å². The Kier molecular flexibility index (Phi) is 5.96. The zero-order valence-electron chi connectivity index (χ0n) is 12.7. The molecule has 1 aliphatic rings. The van der Waals surface area contributed by atoms with Gasteiger partial charge in [-0.1, -0.05) is 18.9 Å². The molecule has 0 aliphatic carbocycles. The van der Waals surface area contributed by atoms with Crippen LogP contribution in [-0.4, -0.2) is 29.8 Å². The summed E-state index contributed by atoms with van der Waals surface area (Å²) in [6.07, 6.45) is 5.10. The topological polar surface area (TPSA) is 73.2 Å². The van der Waals surface area contributed by atoms with Crippen molar-refractivity contribution >= 4 is 17.5 Å². The first-order valence-electron chi connectivity index (χ1n) is 7.77. The van der Waals surface area contributed by atoms with E-state index in [9.17, 15) is 9.59 Å². The lowest BCUT2D eigenvalue weighted by molar-refractivity contribution is -0.132. The van der Waals surface area contributed by atoms with E-state index >= 15 is 0 Å². The lowest BCUT2D eigenvalue weighted by Crippen LogP contribution is -2.35. The summed E-state index contributed by atoms with van der Waals surface area (Å²) in [6.45, 7) is 1.21. The molecule has 116 valence electrons. The lowest BCUT2D eigenvalue weighted by Gasteiger charge is -2.24. The summed E-state index contributed by atoms with van der Waals surface area (Å²) in [5.41, 5.74) is 1.12. The van der Waals surface area contributed by atoms with Gasteiger partial charge in [0.25, 0.3) is 0 Å². The molecule has 2 amide bonds. The molecule has 0 bridgehead atoms. The molecule has 1 N–H and O–H groups in total. The molecule has 1 saturated heterocycles. The first kappa shape index (κ1) is 16.0. The Bertz CT molecular complexity index is 578. The number of benzene rings is 1. The summed E-state index contributed by atoms with van der Waals surface area (Å²) in [5, 5.41) is 11.6. The third-order valence-electron chi connectivity index (χ3n) is 3.81. The standard InChI is InChI=1S/C17H21N3O2/c18-13-14-6-5-7-15(12-14)19-16(21)9-11-20-10-4-2-1-3-8-17(20)22/h5-7,12H,1-4,8-11H2,(H,19,21). The molecule has 0 spiro atoms. The second kappa shape index (κ2) is 8.18. The van der Waals surface area contributed by atoms with Gasteiger partial charge in [0.2, 0.25) is 11.8 Å². The van der Waals surface area contributed by atoms with Gasteiger partial charge < -0.3 is 10.2 Å². The smallest absolute Gasteiger partial charge is 0.226 e. The average Bonchev–Trinajstić information content (AvgIpc) is 2.51. The highest BCUT2D eigenvalue weighted by atomic mass is 16.2. The van der Waals surface area contributed by atoms with E-state index in [4.69, 9.17) is 5.26 Å². The van der Waals surface area contributed by atoms with E-state index in [1.807, 2.05) is 6.07 Å². The van der Waals surface area contributed by atoms with Gasteiger partial charge in [-0.25, -0.2) is 0 Å². The van der Waals surface area contributed by atoms with Crippen molar-refractivity contribution in [1.29, 1.82) is 5.26 Å². The predicted octanol–water partition coefficient (Wildman–Crippen LogP) is 2.68. The zero-order valence-corrected chi connectivity index (χ0v) is 12.7. The molecule has 1 heterocycles. The third-order valence-corrected chi connectivity index (χ3v) is 3.81. The number of nitrogens with zero attached hydrogens (tertiary/aromatic N) is 2. The highest BCUT2D eigenvalue weighted by Crippen LogP contribution is 2.13. The number of carbonyl (C=O) groups is 2. The van der Waals surface area contributed by atoms with Crippen molar-refractivity contribution in [1.82, 2.24) is 4.90 Å². The molecule has 0 radical (unpaired) electrons. The van der Waals surface area contributed by atoms with E-state index < -0.39 is 0 Å². The van der Waals surface area contributed by atoms with Crippen LogP contribution >= 0.6 is 0 Å². The number of anilines is 1. The second-order valence-electron chi connectivity index (χ2n) is 5.54. The Labute approximate surface area is 130 Å². The quantitative estimate of drug-likeness (QED) is 0.929. The Balaban J connectivity index is 1.83. The normalized spacial score (nSPS) is 15.6. The molecule has 1 aromatic rings. The van der Waals surface area contributed by atoms with Gasteiger partial charge in [-0.3, -0.25) is 9.59 Å². The van der Waals surface area contributed by atoms with Gasteiger partial charge >= 0.3 is 0 Å². The van der Waals surface area contributed by atoms with Gasteiger partial charge in [-0.05, 0) is 31.0 Å². The number of rotatable bonds is 4. The number of carbonyl (C=O) groups excluding carboxylic acids is 2. The van der Waals surface area contributed by atoms with Gasteiger partial charge in [0.05, 0.1) is 11.6 Å². The first-order chi connectivity index (χ1) is 10.7. The van der Waals surface area contributed by atoms with Crippen LogP contribution in [0.4, 0.5) is 5.69 Å². The van der Waals surface area contributed by atoms with Crippen LogP contribution in [0.2, 0.25) is 0 Å². The third kappa shape index (κ3) is 4.88. The van der Waals surface area contributed by atoms with Crippen LogP contribution in [0.5, 0.6) is 0 Å². The first-order valence-corrected chi connectivity index (χ1v) is 7.77. The lowest BCUT2D eigenvalue weighted by atomic mass is 10.1. The highest BCUT2D eigenvalue weighted by molar-refractivity contribution is 5.91. The molecule has 5 heteroatoms. The maximum absolute atomic E-state index is 12.0. The van der Waals surface area contributed by atoms with Crippen molar-refractivity contribution in [3.63, 3.8) is 0 Å². The molecule has 22 heavy (non-hydrogen) atoms. The van der Waals surface area contributed by atoms with Gasteiger partial charge in [-0.15, -0.1) is 0 Å². The molecule has 1 aliphatic heterocycles. The summed E-state index contributed by atoms with van der Waals surface area (Å²) in [4.78, 5) is 25.8. The van der Waals surface area contributed by atoms with Gasteiger partial charge in [0.15, 0.2) is 0 Å². The monoisotopic (exact) mass is 299 g/mol. The Morgan fingerprint density at radius 2 is 2.09 bits per heavy atom. The van der Waals surface area contributed by atoms with Crippen LogP contribution in [-0.2, 0) is 9.59 Å². The number of nitriles is 1. The number of likely N-dealkylation sites (tertiary alicyclic amines) is 1. The fourth-order valence-corrected chi connectivity index (χ4v) is 2.58. The average molecular weight is 299 g/mol. The van der Waals surface area contributed by atoms with Crippen molar-refractivity contribution in [2.75, 3.05) is 18.4 Å². The molecular weight excluding hydrogens is 278 g/mol. The van der Waals surface area contributed by atoms with Crippen LogP contribution in [0.25, 0.3) is 0 Å². The minimum Gasteiger partial charge on any atom is -0.342 e. The Morgan fingerprint density at radius 1 is 1.27 bits per heavy atom. The SMILES string of the molecule is N#Cc1cccc(NC(=O)CCN2CCCCCCC2=O)c1. The van der Waals surface area contributed by atoms with Crippen LogP contribution in [0.15, 0.2) is 24.3 Å². The number of nitrogens with one attached hydrogen (secondary N) is 1. The number of hydrogen-bond donors (Lipinski definition) is 1. The molecular formula is C17H21N3O2. The molecule has 0 saturated carbocycles. The minimum atomic E-state index is -0.134. The molecule has 0 unspecified atom stereocenters. The van der Waals surface area contributed by atoms with E-state index in [1.165, 1.54) is 0 Å². The fraction of sp³-hybridized carbons (Fsp3) is 0.471. The summed E-state index contributed by atoms with van der Waals surface area (Å²) < 4.78 is 0. The maximum atomic E-state index is 12.0. The second-order valence-corrected chi connectivity index (χ2v) is 5.54. The van der Waals surface area contributed by atoms with E-state index in [2.05, 4.69) is 5.32 Å². The van der Waals surface area contributed by atoms with Crippen molar-refractivity contribution in [3.8, 4) is 6.07 Å². The van der Waals surface area contributed by atoms with E-state index in [0.29, 0.717) is 24.2 Å². The molecule has 5 nitrogen and oxygen atoms in total. The minimum absolute atomic E-state index is 0.134.